The maximum atomic E-state index is 13.3. The Bertz CT molecular complexity index is 1060. The van der Waals surface area contributed by atoms with Crippen LogP contribution in [0, 0.1) is 17.7 Å². The van der Waals surface area contributed by atoms with Crippen LogP contribution >= 0.6 is 0 Å². The van der Waals surface area contributed by atoms with E-state index in [4.69, 9.17) is 4.74 Å². The lowest BCUT2D eigenvalue weighted by molar-refractivity contribution is -0.149. The summed E-state index contributed by atoms with van der Waals surface area (Å²) in [4.78, 5) is 40.4. The molecule has 3 rings (SSSR count). The van der Waals surface area contributed by atoms with E-state index in [0.29, 0.717) is 25.8 Å². The summed E-state index contributed by atoms with van der Waals surface area (Å²) >= 11 is 0. The Balaban J connectivity index is 1.70. The Hall–Kier alpha value is -3.52. The van der Waals surface area contributed by atoms with E-state index < -0.39 is 17.9 Å². The number of benzene rings is 2. The lowest BCUT2D eigenvalue weighted by Crippen LogP contribution is -2.43. The monoisotopic (exact) mass is 510 g/mol. The molecule has 1 aliphatic heterocycles. The molecule has 2 N–H and O–H groups in total. The molecule has 0 unspecified atom stereocenters. The Morgan fingerprint density at radius 3 is 2.38 bits per heavy atom. The summed E-state index contributed by atoms with van der Waals surface area (Å²) in [5.41, 5.74) is 1.77. The third-order valence-corrected chi connectivity index (χ3v) is 6.33. The normalized spacial score (nSPS) is 21.6. The molecule has 198 valence electrons. The SMILES string of the molecule is C[C@H]1COC(=O)[C@H](Cc2ccc(F)cc2)C/C=C\C[C@@H](CC(=O)N(CCO)Cc2ccccc2)C(=O)N1. The largest absolute Gasteiger partial charge is 0.463 e. The van der Waals surface area contributed by atoms with Crippen molar-refractivity contribution in [3.63, 3.8) is 0 Å². The van der Waals surface area contributed by atoms with Gasteiger partial charge in [0.1, 0.15) is 12.4 Å². The molecule has 0 saturated heterocycles. The van der Waals surface area contributed by atoms with Gasteiger partial charge in [-0.15, -0.1) is 0 Å². The minimum atomic E-state index is -0.603. The van der Waals surface area contributed by atoms with Crippen molar-refractivity contribution in [3.8, 4) is 0 Å². The molecule has 2 aromatic rings. The highest BCUT2D eigenvalue weighted by Crippen LogP contribution is 2.19. The molecule has 8 heteroatoms. The van der Waals surface area contributed by atoms with Crippen molar-refractivity contribution in [3.05, 3.63) is 83.7 Å². The highest BCUT2D eigenvalue weighted by atomic mass is 19.1. The topological polar surface area (TPSA) is 95.9 Å². The van der Waals surface area contributed by atoms with Crippen molar-refractivity contribution < 1.29 is 28.6 Å². The number of amides is 2. The maximum absolute atomic E-state index is 13.3. The summed E-state index contributed by atoms with van der Waals surface area (Å²) in [6, 6.07) is 15.1. The molecule has 3 atom stereocenters. The number of nitrogens with zero attached hydrogens (tertiary/aromatic N) is 1. The van der Waals surface area contributed by atoms with E-state index in [-0.39, 0.29) is 49.8 Å². The van der Waals surface area contributed by atoms with E-state index in [1.807, 2.05) is 42.5 Å². The summed E-state index contributed by atoms with van der Waals surface area (Å²) in [5, 5.41) is 12.3. The number of esters is 1. The number of halogens is 1. The van der Waals surface area contributed by atoms with E-state index in [0.717, 1.165) is 11.1 Å². The molecule has 1 aliphatic rings. The first kappa shape index (κ1) is 28.1. The van der Waals surface area contributed by atoms with Crippen LogP contribution in [0.15, 0.2) is 66.7 Å². The highest BCUT2D eigenvalue weighted by Gasteiger charge is 2.27. The van der Waals surface area contributed by atoms with Crippen molar-refractivity contribution in [2.24, 2.45) is 11.8 Å². The summed E-state index contributed by atoms with van der Waals surface area (Å²) in [5.74, 6) is -2.26. The van der Waals surface area contributed by atoms with Crippen molar-refractivity contribution in [1.82, 2.24) is 10.2 Å². The number of carbonyl (C=O) groups excluding carboxylic acids is 3. The Labute approximate surface area is 217 Å². The number of cyclic esters (lactones) is 1. The van der Waals surface area contributed by atoms with Gasteiger partial charge in [0.15, 0.2) is 0 Å². The fourth-order valence-corrected chi connectivity index (χ4v) is 4.26. The second-order valence-electron chi connectivity index (χ2n) is 9.44. The number of hydrogen-bond donors (Lipinski definition) is 2. The van der Waals surface area contributed by atoms with E-state index in [9.17, 15) is 23.9 Å². The lowest BCUT2D eigenvalue weighted by atomic mass is 9.94. The third-order valence-electron chi connectivity index (χ3n) is 6.33. The molecule has 37 heavy (non-hydrogen) atoms. The van der Waals surface area contributed by atoms with Crippen molar-refractivity contribution in [2.75, 3.05) is 19.8 Å². The molecule has 0 bridgehead atoms. The first-order valence-electron chi connectivity index (χ1n) is 12.6. The van der Waals surface area contributed by atoms with Gasteiger partial charge in [-0.25, -0.2) is 4.39 Å². The molecule has 0 radical (unpaired) electrons. The zero-order valence-electron chi connectivity index (χ0n) is 21.1. The Morgan fingerprint density at radius 2 is 1.70 bits per heavy atom. The molecule has 2 aromatic carbocycles. The number of nitrogens with one attached hydrogen (secondary N) is 1. The molecule has 0 fully saturated rings. The van der Waals surface area contributed by atoms with Crippen LogP contribution < -0.4 is 5.32 Å². The average molecular weight is 511 g/mol. The van der Waals surface area contributed by atoms with Crippen molar-refractivity contribution >= 4 is 17.8 Å². The Kier molecular flexibility index (Phi) is 10.8. The summed E-state index contributed by atoms with van der Waals surface area (Å²) < 4.78 is 18.7. The van der Waals surface area contributed by atoms with Gasteiger partial charge in [-0.05, 0) is 49.4 Å². The van der Waals surface area contributed by atoms with Crippen molar-refractivity contribution in [2.45, 2.75) is 45.2 Å². The first-order valence-corrected chi connectivity index (χ1v) is 12.6. The zero-order chi connectivity index (χ0) is 26.6. The van der Waals surface area contributed by atoms with Gasteiger partial charge in [0, 0.05) is 19.5 Å². The van der Waals surface area contributed by atoms with Crippen LogP contribution in [-0.2, 0) is 32.1 Å². The van der Waals surface area contributed by atoms with Gasteiger partial charge in [0.25, 0.3) is 0 Å². The van der Waals surface area contributed by atoms with Gasteiger partial charge >= 0.3 is 5.97 Å². The highest BCUT2D eigenvalue weighted by molar-refractivity contribution is 5.86. The fraction of sp³-hybridized carbons (Fsp3) is 0.414. The van der Waals surface area contributed by atoms with Gasteiger partial charge in [-0.3, -0.25) is 14.4 Å². The van der Waals surface area contributed by atoms with Crippen LogP contribution in [0.4, 0.5) is 4.39 Å². The number of aliphatic hydroxyl groups is 1. The number of aliphatic hydroxyl groups excluding tert-OH is 1. The van der Waals surface area contributed by atoms with Crippen LogP contribution in [0.3, 0.4) is 0 Å². The number of ether oxygens (including phenoxy) is 1. The first-order chi connectivity index (χ1) is 17.9. The number of allylic oxidation sites excluding steroid dienone is 2. The molecule has 7 nitrogen and oxygen atoms in total. The second-order valence-corrected chi connectivity index (χ2v) is 9.44. The summed E-state index contributed by atoms with van der Waals surface area (Å²) in [7, 11) is 0. The second kappa shape index (κ2) is 14.3. The van der Waals surface area contributed by atoms with Crippen LogP contribution in [0.25, 0.3) is 0 Å². The van der Waals surface area contributed by atoms with E-state index in [1.165, 1.54) is 12.1 Å². The molecule has 0 aliphatic carbocycles. The molecule has 0 spiro atoms. The summed E-state index contributed by atoms with van der Waals surface area (Å²) in [6.45, 7) is 2.11. The van der Waals surface area contributed by atoms with Crippen LogP contribution in [0.5, 0.6) is 0 Å². The van der Waals surface area contributed by atoms with Gasteiger partial charge in [-0.2, -0.15) is 0 Å². The smallest absolute Gasteiger partial charge is 0.309 e. The van der Waals surface area contributed by atoms with Gasteiger partial charge in [-0.1, -0.05) is 54.6 Å². The number of carbonyl (C=O) groups is 3. The van der Waals surface area contributed by atoms with E-state index in [1.54, 1.807) is 24.0 Å². The molecular formula is C29H35FN2O5. The number of rotatable bonds is 8. The quantitative estimate of drug-likeness (QED) is 0.419. The molecule has 0 aromatic heterocycles. The minimum absolute atomic E-state index is 0.00543. The van der Waals surface area contributed by atoms with Crippen LogP contribution in [-0.4, -0.2) is 53.6 Å². The van der Waals surface area contributed by atoms with Crippen molar-refractivity contribution in [1.29, 1.82) is 0 Å². The molecular weight excluding hydrogens is 475 g/mol. The maximum Gasteiger partial charge on any atom is 0.309 e. The number of hydrogen-bond acceptors (Lipinski definition) is 5. The van der Waals surface area contributed by atoms with E-state index in [2.05, 4.69) is 5.32 Å². The van der Waals surface area contributed by atoms with Crippen LogP contribution in [0.2, 0.25) is 0 Å². The fourth-order valence-electron chi connectivity index (χ4n) is 4.26. The standard InChI is InChI=1S/C29H35FN2O5/c1-21-20-37-29(36)25(17-22-11-13-26(30)14-12-22)10-6-5-9-24(28(35)31-21)18-27(34)32(15-16-33)19-23-7-3-2-4-8-23/h2-8,11-14,21,24-25,33H,9-10,15-20H2,1H3,(H,31,35)/b6-5-/t21-,24-,25-/m0/s1. The van der Waals surface area contributed by atoms with Gasteiger partial charge in [0.2, 0.25) is 11.8 Å². The van der Waals surface area contributed by atoms with Gasteiger partial charge < -0.3 is 20.1 Å². The van der Waals surface area contributed by atoms with Gasteiger partial charge in [0.05, 0.1) is 24.5 Å². The van der Waals surface area contributed by atoms with E-state index >= 15 is 0 Å². The zero-order valence-corrected chi connectivity index (χ0v) is 21.1. The molecule has 1 heterocycles. The average Bonchev–Trinajstić information content (AvgIpc) is 2.89. The summed E-state index contributed by atoms with van der Waals surface area (Å²) in [6.07, 6.45) is 4.79. The Morgan fingerprint density at radius 1 is 1.03 bits per heavy atom. The molecule has 2 amide bonds. The molecule has 0 saturated carbocycles. The predicted octanol–water partition coefficient (Wildman–Crippen LogP) is 3.41. The van der Waals surface area contributed by atoms with Crippen LogP contribution in [0.1, 0.15) is 37.3 Å². The minimum Gasteiger partial charge on any atom is -0.463 e. The predicted molar refractivity (Wildman–Crippen MR) is 138 cm³/mol. The lowest BCUT2D eigenvalue weighted by Gasteiger charge is -2.25. The third kappa shape index (κ3) is 9.13.